The predicted molar refractivity (Wildman–Crippen MR) is 111 cm³/mol. The minimum Gasteiger partial charge on any atom is -0.493 e. The number of nitriles is 1. The largest absolute Gasteiger partial charge is 0.493 e. The fourth-order valence-corrected chi connectivity index (χ4v) is 4.52. The molecule has 0 aliphatic carbocycles. The van der Waals surface area contributed by atoms with Crippen molar-refractivity contribution in [2.45, 2.75) is 25.5 Å². The summed E-state index contributed by atoms with van der Waals surface area (Å²) in [5.41, 5.74) is 1.59. The maximum absolute atomic E-state index is 12.9. The van der Waals surface area contributed by atoms with Crippen molar-refractivity contribution in [3.63, 3.8) is 0 Å². The van der Waals surface area contributed by atoms with Crippen LogP contribution < -0.4 is 10.3 Å². The Hall–Kier alpha value is -2.56. The minimum absolute atomic E-state index is 0.0164. The summed E-state index contributed by atoms with van der Waals surface area (Å²) in [5, 5.41) is 10.2. The Morgan fingerprint density at radius 3 is 2.78 bits per heavy atom. The Morgan fingerprint density at radius 2 is 2.11 bits per heavy atom. The third-order valence-electron chi connectivity index (χ3n) is 4.13. The van der Waals surface area contributed by atoms with Crippen LogP contribution in [-0.2, 0) is 6.54 Å². The lowest BCUT2D eigenvalue weighted by Crippen LogP contribution is -2.23. The number of thioether (sulfide) groups is 1. The van der Waals surface area contributed by atoms with Gasteiger partial charge in [0.2, 0.25) is 0 Å². The van der Waals surface area contributed by atoms with Crippen molar-refractivity contribution in [2.75, 3.05) is 12.4 Å². The first-order chi connectivity index (χ1) is 13.0. The smallest absolute Gasteiger partial charge is 0.263 e. The van der Waals surface area contributed by atoms with Gasteiger partial charge in [0.05, 0.1) is 23.6 Å². The molecule has 0 saturated carbocycles. The van der Waals surface area contributed by atoms with Crippen LogP contribution in [0.3, 0.4) is 0 Å². The van der Waals surface area contributed by atoms with Crippen LogP contribution in [0.15, 0.2) is 46.9 Å². The van der Waals surface area contributed by atoms with Gasteiger partial charge in [-0.3, -0.25) is 9.36 Å². The van der Waals surface area contributed by atoms with E-state index in [4.69, 9.17) is 15.0 Å². The maximum Gasteiger partial charge on any atom is 0.263 e. The number of aryl methyl sites for hydroxylation is 2. The highest BCUT2D eigenvalue weighted by Gasteiger charge is 2.16. The molecular formula is C20H19N3O2S2. The number of rotatable bonds is 7. The molecule has 0 atom stereocenters. The third-order valence-corrected chi connectivity index (χ3v) is 6.17. The molecule has 138 valence electrons. The van der Waals surface area contributed by atoms with E-state index in [0.717, 1.165) is 15.3 Å². The number of allylic oxidation sites excluding steroid dienone is 1. The van der Waals surface area contributed by atoms with Crippen molar-refractivity contribution in [2.24, 2.45) is 0 Å². The number of thiophene rings is 1. The molecule has 0 fully saturated rings. The van der Waals surface area contributed by atoms with Gasteiger partial charge in [-0.05, 0) is 43.7 Å². The summed E-state index contributed by atoms with van der Waals surface area (Å²) < 4.78 is 7.37. The molecule has 27 heavy (non-hydrogen) atoms. The molecule has 0 radical (unpaired) electrons. The summed E-state index contributed by atoms with van der Waals surface area (Å²) in [6, 6.07) is 9.08. The number of fused-ring (bicyclic) bond motifs is 1. The van der Waals surface area contributed by atoms with E-state index in [1.54, 1.807) is 46.2 Å². The molecule has 0 saturated heterocycles. The van der Waals surface area contributed by atoms with Crippen LogP contribution in [-0.4, -0.2) is 21.9 Å². The van der Waals surface area contributed by atoms with Gasteiger partial charge >= 0.3 is 0 Å². The first kappa shape index (κ1) is 19.2. The number of aromatic nitrogens is 2. The number of hydrogen-bond donors (Lipinski definition) is 0. The highest BCUT2D eigenvalue weighted by molar-refractivity contribution is 7.99. The molecule has 0 aliphatic heterocycles. The summed E-state index contributed by atoms with van der Waals surface area (Å²) in [6.45, 7) is 8.63. The quantitative estimate of drug-likeness (QED) is 0.257. The highest BCUT2D eigenvalue weighted by atomic mass is 32.2. The van der Waals surface area contributed by atoms with Crippen LogP contribution in [0.2, 0.25) is 0 Å². The summed E-state index contributed by atoms with van der Waals surface area (Å²) in [6.07, 6.45) is 1.71. The molecule has 2 heterocycles. The second kappa shape index (κ2) is 8.42. The van der Waals surface area contributed by atoms with E-state index in [9.17, 15) is 4.79 Å². The van der Waals surface area contributed by atoms with Crippen LogP contribution in [0.25, 0.3) is 10.2 Å². The lowest BCUT2D eigenvalue weighted by Gasteiger charge is -2.11. The number of ether oxygens (including phenoxy) is 1. The Bertz CT molecular complexity index is 1080. The summed E-state index contributed by atoms with van der Waals surface area (Å²) >= 11 is 3.04. The number of benzene rings is 1. The van der Waals surface area contributed by atoms with E-state index < -0.39 is 0 Å². The van der Waals surface area contributed by atoms with E-state index in [0.29, 0.717) is 40.8 Å². The van der Waals surface area contributed by atoms with Crippen LogP contribution >= 0.6 is 23.1 Å². The fraction of sp³-hybridized carbons (Fsp3) is 0.250. The average Bonchev–Trinajstić information content (AvgIpc) is 2.96. The van der Waals surface area contributed by atoms with E-state index >= 15 is 0 Å². The summed E-state index contributed by atoms with van der Waals surface area (Å²) in [5.74, 6) is 1.37. The normalized spacial score (nSPS) is 10.7. The minimum atomic E-state index is -0.0164. The van der Waals surface area contributed by atoms with Crippen molar-refractivity contribution < 1.29 is 4.74 Å². The van der Waals surface area contributed by atoms with E-state index in [1.807, 2.05) is 13.8 Å². The molecule has 3 aromatic rings. The molecule has 0 aliphatic rings. The van der Waals surface area contributed by atoms with Gasteiger partial charge < -0.3 is 4.74 Å². The highest BCUT2D eigenvalue weighted by Crippen LogP contribution is 2.28. The number of nitrogens with zero attached hydrogens (tertiary/aromatic N) is 3. The number of hydrogen-bond acceptors (Lipinski definition) is 6. The molecular weight excluding hydrogens is 378 g/mol. The Kier molecular flexibility index (Phi) is 5.99. The first-order valence-electron chi connectivity index (χ1n) is 8.42. The molecule has 0 bridgehead atoms. The van der Waals surface area contributed by atoms with Crippen LogP contribution in [0, 0.1) is 25.2 Å². The van der Waals surface area contributed by atoms with E-state index in [-0.39, 0.29) is 5.56 Å². The zero-order valence-corrected chi connectivity index (χ0v) is 16.8. The molecule has 0 spiro atoms. The summed E-state index contributed by atoms with van der Waals surface area (Å²) in [7, 11) is 0. The molecule has 3 rings (SSSR count). The van der Waals surface area contributed by atoms with Crippen molar-refractivity contribution in [3.8, 4) is 11.8 Å². The van der Waals surface area contributed by atoms with Crippen molar-refractivity contribution in [1.82, 2.24) is 9.55 Å². The van der Waals surface area contributed by atoms with Crippen molar-refractivity contribution >= 4 is 33.3 Å². The summed E-state index contributed by atoms with van der Waals surface area (Å²) in [4.78, 5) is 19.5. The van der Waals surface area contributed by atoms with E-state index in [1.165, 1.54) is 11.8 Å². The molecule has 2 aromatic heterocycles. The van der Waals surface area contributed by atoms with Crippen LogP contribution in [0.5, 0.6) is 5.75 Å². The standard InChI is InChI=1S/C20H19N3O2S2/c1-4-9-23-19(24)17-13(2)14(3)27-18(17)22-20(23)26-11-10-25-16-7-5-15(12-21)6-8-16/h4-8H,1,9-11H2,2-3H3. The van der Waals surface area contributed by atoms with Gasteiger partial charge in [-0.25, -0.2) is 4.98 Å². The maximum atomic E-state index is 12.9. The van der Waals surface area contributed by atoms with Gasteiger partial charge in [0.15, 0.2) is 5.16 Å². The molecule has 0 unspecified atom stereocenters. The SMILES string of the molecule is C=CCn1c(SCCOc2ccc(C#N)cc2)nc2sc(C)c(C)c2c1=O. The Morgan fingerprint density at radius 1 is 1.37 bits per heavy atom. The Balaban J connectivity index is 1.75. The third kappa shape index (κ3) is 4.07. The first-order valence-corrected chi connectivity index (χ1v) is 10.2. The molecule has 0 N–H and O–H groups in total. The zero-order valence-electron chi connectivity index (χ0n) is 15.2. The van der Waals surface area contributed by atoms with Gasteiger partial charge in [-0.2, -0.15) is 5.26 Å². The monoisotopic (exact) mass is 397 g/mol. The lowest BCUT2D eigenvalue weighted by atomic mass is 10.2. The van der Waals surface area contributed by atoms with E-state index in [2.05, 4.69) is 12.6 Å². The van der Waals surface area contributed by atoms with Gasteiger partial charge in [0, 0.05) is 17.2 Å². The van der Waals surface area contributed by atoms with Gasteiger partial charge in [0.1, 0.15) is 10.6 Å². The average molecular weight is 398 g/mol. The van der Waals surface area contributed by atoms with Crippen LogP contribution in [0.1, 0.15) is 16.0 Å². The lowest BCUT2D eigenvalue weighted by molar-refractivity contribution is 0.344. The van der Waals surface area contributed by atoms with Crippen molar-refractivity contribution in [1.29, 1.82) is 5.26 Å². The fourth-order valence-electron chi connectivity index (χ4n) is 2.63. The molecule has 0 amide bonds. The molecule has 1 aromatic carbocycles. The molecule has 5 nitrogen and oxygen atoms in total. The zero-order chi connectivity index (χ0) is 19.4. The van der Waals surface area contributed by atoms with Gasteiger partial charge in [-0.1, -0.05) is 17.8 Å². The van der Waals surface area contributed by atoms with Gasteiger partial charge in [0.25, 0.3) is 5.56 Å². The Labute approximate surface area is 165 Å². The second-order valence-corrected chi connectivity index (χ2v) is 8.16. The van der Waals surface area contributed by atoms with Crippen molar-refractivity contribution in [3.05, 3.63) is 63.3 Å². The van der Waals surface area contributed by atoms with Gasteiger partial charge in [-0.15, -0.1) is 17.9 Å². The second-order valence-electron chi connectivity index (χ2n) is 5.90. The van der Waals surface area contributed by atoms with Crippen LogP contribution in [0.4, 0.5) is 0 Å². The molecule has 7 heteroatoms. The predicted octanol–water partition coefficient (Wildman–Crippen LogP) is 4.30. The topological polar surface area (TPSA) is 67.9 Å².